The maximum atomic E-state index is 12.6. The molecule has 0 aliphatic rings. The Morgan fingerprint density at radius 3 is 2.47 bits per heavy atom. The number of amides is 1. The summed E-state index contributed by atoms with van der Waals surface area (Å²) in [7, 11) is 1.56. The maximum Gasteiger partial charge on any atom is 0.293 e. The highest BCUT2D eigenvalue weighted by Gasteiger charge is 2.17. The van der Waals surface area contributed by atoms with Crippen molar-refractivity contribution in [2.24, 2.45) is 0 Å². The molecule has 0 heterocycles. The van der Waals surface area contributed by atoms with E-state index in [1.165, 1.54) is 6.07 Å². The number of benzene rings is 2. The second-order valence-electron chi connectivity index (χ2n) is 6.82. The molecule has 0 aromatic heterocycles. The molecule has 1 amide bonds. The number of rotatable bonds is 12. The van der Waals surface area contributed by atoms with E-state index in [0.717, 1.165) is 30.8 Å². The van der Waals surface area contributed by atoms with Crippen molar-refractivity contribution in [3.63, 3.8) is 0 Å². The first-order valence-corrected chi connectivity index (χ1v) is 10.1. The van der Waals surface area contributed by atoms with Crippen LogP contribution >= 0.6 is 0 Å². The van der Waals surface area contributed by atoms with Gasteiger partial charge in [-0.05, 0) is 36.3 Å². The van der Waals surface area contributed by atoms with E-state index in [1.807, 2.05) is 18.2 Å². The van der Waals surface area contributed by atoms with E-state index in [1.54, 1.807) is 19.2 Å². The Hall–Kier alpha value is -2.97. The van der Waals surface area contributed by atoms with Crippen LogP contribution in [0.25, 0.3) is 0 Å². The van der Waals surface area contributed by atoms with E-state index >= 15 is 0 Å². The number of ether oxygens (including phenoxy) is 1. The molecule has 8 heteroatoms. The molecule has 0 bridgehead atoms. The minimum absolute atomic E-state index is 0.138. The molecule has 2 aromatic rings. The van der Waals surface area contributed by atoms with E-state index in [4.69, 9.17) is 4.74 Å². The third-order valence-electron chi connectivity index (χ3n) is 4.92. The first-order chi connectivity index (χ1) is 14.5. The lowest BCUT2D eigenvalue weighted by atomic mass is 10.1. The Morgan fingerprint density at radius 1 is 1.13 bits per heavy atom. The SMILES string of the molecule is CCN(CC)Cc1ccccc1CNC(=O)c1ccc(NCCOC)c([N+](=O)[O-])c1. The van der Waals surface area contributed by atoms with Crippen LogP contribution in [0, 0.1) is 10.1 Å². The van der Waals surface area contributed by atoms with Crippen LogP contribution < -0.4 is 10.6 Å². The highest BCUT2D eigenvalue weighted by molar-refractivity contribution is 5.95. The quantitative estimate of drug-likeness (QED) is 0.314. The summed E-state index contributed by atoms with van der Waals surface area (Å²) >= 11 is 0. The number of carbonyl (C=O) groups excluding carboxylic acids is 1. The molecule has 8 nitrogen and oxygen atoms in total. The van der Waals surface area contributed by atoms with Crippen molar-refractivity contribution in [1.29, 1.82) is 0 Å². The summed E-state index contributed by atoms with van der Waals surface area (Å²) in [5, 5.41) is 17.2. The van der Waals surface area contributed by atoms with E-state index < -0.39 is 4.92 Å². The summed E-state index contributed by atoms with van der Waals surface area (Å²) in [6, 6.07) is 12.4. The van der Waals surface area contributed by atoms with Gasteiger partial charge >= 0.3 is 0 Å². The van der Waals surface area contributed by atoms with Gasteiger partial charge in [0.2, 0.25) is 0 Å². The molecule has 162 valence electrons. The van der Waals surface area contributed by atoms with Crippen molar-refractivity contribution >= 4 is 17.3 Å². The summed E-state index contributed by atoms with van der Waals surface area (Å²) in [5.41, 5.74) is 2.66. The molecule has 0 saturated heterocycles. The van der Waals surface area contributed by atoms with Gasteiger partial charge in [-0.15, -0.1) is 0 Å². The fourth-order valence-electron chi connectivity index (χ4n) is 3.11. The van der Waals surface area contributed by atoms with Gasteiger partial charge in [0, 0.05) is 38.4 Å². The van der Waals surface area contributed by atoms with Gasteiger partial charge in [-0.3, -0.25) is 19.8 Å². The number of methoxy groups -OCH3 is 1. The van der Waals surface area contributed by atoms with Gasteiger partial charge in [0.25, 0.3) is 11.6 Å². The number of nitro groups is 1. The van der Waals surface area contributed by atoms with Crippen LogP contribution in [0.4, 0.5) is 11.4 Å². The number of carbonyl (C=O) groups is 1. The molecule has 2 aromatic carbocycles. The highest BCUT2D eigenvalue weighted by Crippen LogP contribution is 2.25. The predicted octanol–water partition coefficient (Wildman–Crippen LogP) is 3.42. The smallest absolute Gasteiger partial charge is 0.293 e. The number of hydrogen-bond acceptors (Lipinski definition) is 6. The fourth-order valence-corrected chi connectivity index (χ4v) is 3.11. The first kappa shape index (κ1) is 23.3. The molecule has 2 N–H and O–H groups in total. The van der Waals surface area contributed by atoms with Crippen LogP contribution in [0.2, 0.25) is 0 Å². The van der Waals surface area contributed by atoms with E-state index in [9.17, 15) is 14.9 Å². The van der Waals surface area contributed by atoms with Crippen molar-refractivity contribution in [3.8, 4) is 0 Å². The third-order valence-corrected chi connectivity index (χ3v) is 4.92. The number of nitrogens with one attached hydrogen (secondary N) is 2. The van der Waals surface area contributed by atoms with Crippen molar-refractivity contribution in [3.05, 3.63) is 69.3 Å². The van der Waals surface area contributed by atoms with Crippen LogP contribution in [0.5, 0.6) is 0 Å². The molecule has 0 aliphatic carbocycles. The molecular formula is C22H30N4O4. The molecule has 0 spiro atoms. The first-order valence-electron chi connectivity index (χ1n) is 10.1. The number of nitrogens with zero attached hydrogens (tertiary/aromatic N) is 2. The van der Waals surface area contributed by atoms with Crippen LogP contribution in [0.15, 0.2) is 42.5 Å². The third kappa shape index (κ3) is 6.53. The van der Waals surface area contributed by atoms with E-state index in [-0.39, 0.29) is 17.2 Å². The van der Waals surface area contributed by atoms with Gasteiger partial charge in [-0.25, -0.2) is 0 Å². The second kappa shape index (κ2) is 11.9. The maximum absolute atomic E-state index is 12.6. The van der Waals surface area contributed by atoms with Crippen LogP contribution in [-0.4, -0.2) is 49.1 Å². The predicted molar refractivity (Wildman–Crippen MR) is 118 cm³/mol. The molecular weight excluding hydrogens is 384 g/mol. The van der Waals surface area contributed by atoms with Gasteiger partial charge in [0.05, 0.1) is 11.5 Å². The minimum Gasteiger partial charge on any atom is -0.383 e. The van der Waals surface area contributed by atoms with Gasteiger partial charge in [-0.2, -0.15) is 0 Å². The Bertz CT molecular complexity index is 853. The zero-order valence-corrected chi connectivity index (χ0v) is 17.8. The zero-order chi connectivity index (χ0) is 21.9. The molecule has 0 radical (unpaired) electrons. The average Bonchev–Trinajstić information content (AvgIpc) is 2.76. The number of nitro benzene ring substituents is 1. The summed E-state index contributed by atoms with van der Waals surface area (Å²) < 4.78 is 4.95. The molecule has 30 heavy (non-hydrogen) atoms. The molecule has 0 saturated carbocycles. The molecule has 0 aliphatic heterocycles. The van der Waals surface area contributed by atoms with Gasteiger partial charge in [0.15, 0.2) is 0 Å². The average molecular weight is 415 g/mol. The largest absolute Gasteiger partial charge is 0.383 e. The summed E-state index contributed by atoms with van der Waals surface area (Å²) in [6.45, 7) is 8.17. The Morgan fingerprint density at radius 2 is 1.83 bits per heavy atom. The molecule has 2 rings (SSSR count). The van der Waals surface area contributed by atoms with Crippen molar-refractivity contribution < 1.29 is 14.5 Å². The molecule has 0 fully saturated rings. The number of hydrogen-bond donors (Lipinski definition) is 2. The monoisotopic (exact) mass is 414 g/mol. The summed E-state index contributed by atoms with van der Waals surface area (Å²) in [4.78, 5) is 25.8. The van der Waals surface area contributed by atoms with Crippen molar-refractivity contribution in [2.45, 2.75) is 26.9 Å². The fraction of sp³-hybridized carbons (Fsp3) is 0.409. The van der Waals surface area contributed by atoms with Gasteiger partial charge in [-0.1, -0.05) is 38.1 Å². The lowest BCUT2D eigenvalue weighted by Crippen LogP contribution is -2.26. The normalized spacial score (nSPS) is 10.8. The molecule has 0 unspecified atom stereocenters. The number of anilines is 1. The molecule has 0 atom stereocenters. The van der Waals surface area contributed by atoms with E-state index in [2.05, 4.69) is 35.4 Å². The van der Waals surface area contributed by atoms with Crippen LogP contribution in [0.3, 0.4) is 0 Å². The summed E-state index contributed by atoms with van der Waals surface area (Å²) in [6.07, 6.45) is 0. The highest BCUT2D eigenvalue weighted by atomic mass is 16.6. The Balaban J connectivity index is 2.10. The standard InChI is InChI=1S/C22H30N4O4/c1-4-25(5-2)16-19-9-7-6-8-18(19)15-24-22(27)17-10-11-20(23-12-13-30-3)21(14-17)26(28)29/h6-11,14,23H,4-5,12-13,15-16H2,1-3H3,(H,24,27). The minimum atomic E-state index is -0.495. The van der Waals surface area contributed by atoms with Crippen molar-refractivity contribution in [1.82, 2.24) is 10.2 Å². The summed E-state index contributed by atoms with van der Waals surface area (Å²) in [5.74, 6) is -0.348. The Labute approximate surface area is 177 Å². The lowest BCUT2D eigenvalue weighted by molar-refractivity contribution is -0.384. The van der Waals surface area contributed by atoms with E-state index in [0.29, 0.717) is 25.4 Å². The van der Waals surface area contributed by atoms with Gasteiger partial charge < -0.3 is 15.4 Å². The zero-order valence-electron chi connectivity index (χ0n) is 17.8. The lowest BCUT2D eigenvalue weighted by Gasteiger charge is -2.20. The van der Waals surface area contributed by atoms with Crippen LogP contribution in [-0.2, 0) is 17.8 Å². The second-order valence-corrected chi connectivity index (χ2v) is 6.82. The topological polar surface area (TPSA) is 96.7 Å². The van der Waals surface area contributed by atoms with Crippen LogP contribution in [0.1, 0.15) is 35.3 Å². The van der Waals surface area contributed by atoms with Crippen molar-refractivity contribution in [2.75, 3.05) is 38.7 Å². The Kier molecular flexibility index (Phi) is 9.24. The van der Waals surface area contributed by atoms with Gasteiger partial charge in [0.1, 0.15) is 5.69 Å².